The molecule has 0 aliphatic carbocycles. The summed E-state index contributed by atoms with van der Waals surface area (Å²) in [5, 5.41) is 0. The average molecular weight is 232 g/mol. The molecule has 5 heteroatoms. The van der Waals surface area contributed by atoms with Crippen LogP contribution < -0.4 is 0 Å². The van der Waals surface area contributed by atoms with Crippen LogP contribution in [0.2, 0.25) is 0 Å². The first-order valence-corrected chi connectivity index (χ1v) is 4.87. The van der Waals surface area contributed by atoms with Crippen LogP contribution in [-0.4, -0.2) is 23.0 Å². The van der Waals surface area contributed by atoms with Crippen LogP contribution in [-0.2, 0) is 4.74 Å². The van der Waals surface area contributed by atoms with E-state index < -0.39 is 5.97 Å². The van der Waals surface area contributed by atoms with E-state index in [9.17, 15) is 9.18 Å². The van der Waals surface area contributed by atoms with E-state index in [0.717, 1.165) is 0 Å². The van der Waals surface area contributed by atoms with Gasteiger partial charge in [-0.3, -0.25) is 0 Å². The Bertz CT molecular complexity index is 558. The molecule has 1 aromatic carbocycles. The summed E-state index contributed by atoms with van der Waals surface area (Å²) in [7, 11) is 1.27. The number of rotatable bonds is 2. The normalized spacial score (nSPS) is 10.0. The summed E-state index contributed by atoms with van der Waals surface area (Å²) in [6.45, 7) is 0. The number of esters is 1. The molecule has 0 fully saturated rings. The first kappa shape index (κ1) is 11.2. The van der Waals surface area contributed by atoms with Crippen LogP contribution in [0.3, 0.4) is 0 Å². The summed E-state index contributed by atoms with van der Waals surface area (Å²) >= 11 is 0. The molecule has 0 amide bonds. The van der Waals surface area contributed by atoms with E-state index in [1.54, 1.807) is 12.1 Å². The maximum atomic E-state index is 13.0. The van der Waals surface area contributed by atoms with Gasteiger partial charge in [0.1, 0.15) is 12.1 Å². The molecule has 86 valence electrons. The Morgan fingerprint density at radius 1 is 1.29 bits per heavy atom. The Morgan fingerprint density at radius 3 is 2.82 bits per heavy atom. The molecule has 0 atom stereocenters. The van der Waals surface area contributed by atoms with Crippen LogP contribution in [0.15, 0.2) is 36.7 Å². The molecule has 0 bridgehead atoms. The average Bonchev–Trinajstić information content (AvgIpc) is 2.38. The molecular weight excluding hydrogens is 223 g/mol. The van der Waals surface area contributed by atoms with Crippen LogP contribution in [0.1, 0.15) is 10.5 Å². The van der Waals surface area contributed by atoms with E-state index in [1.807, 2.05) is 0 Å². The molecule has 0 unspecified atom stereocenters. The van der Waals surface area contributed by atoms with Crippen LogP contribution >= 0.6 is 0 Å². The molecule has 0 spiro atoms. The number of nitrogens with zero attached hydrogens (tertiary/aromatic N) is 2. The van der Waals surface area contributed by atoms with Crippen molar-refractivity contribution in [3.8, 4) is 11.3 Å². The van der Waals surface area contributed by atoms with E-state index in [0.29, 0.717) is 11.3 Å². The smallest absolute Gasteiger partial charge is 0.356 e. The van der Waals surface area contributed by atoms with Gasteiger partial charge in [-0.1, -0.05) is 12.1 Å². The molecule has 0 saturated carbocycles. The molecule has 0 radical (unpaired) electrons. The van der Waals surface area contributed by atoms with Gasteiger partial charge in [-0.2, -0.15) is 0 Å². The summed E-state index contributed by atoms with van der Waals surface area (Å²) in [5.41, 5.74) is 1.19. The molecule has 0 N–H and O–H groups in total. The molecular formula is C12H9FN2O2. The topological polar surface area (TPSA) is 52.1 Å². The monoisotopic (exact) mass is 232 g/mol. The number of halogens is 1. The Labute approximate surface area is 97.1 Å². The van der Waals surface area contributed by atoms with Gasteiger partial charge in [0.25, 0.3) is 0 Å². The van der Waals surface area contributed by atoms with Gasteiger partial charge in [0.05, 0.1) is 12.8 Å². The number of methoxy groups -OCH3 is 1. The zero-order valence-electron chi connectivity index (χ0n) is 9.05. The molecule has 0 aliphatic heterocycles. The zero-order chi connectivity index (χ0) is 12.3. The maximum absolute atomic E-state index is 13.0. The van der Waals surface area contributed by atoms with E-state index in [1.165, 1.54) is 31.6 Å². The molecule has 2 aromatic rings. The fraction of sp³-hybridized carbons (Fsp3) is 0.0833. The molecule has 0 saturated heterocycles. The van der Waals surface area contributed by atoms with Gasteiger partial charge in [0.2, 0.25) is 0 Å². The van der Waals surface area contributed by atoms with Crippen molar-refractivity contribution in [1.29, 1.82) is 0 Å². The number of benzene rings is 1. The summed E-state index contributed by atoms with van der Waals surface area (Å²) in [5.74, 6) is -0.911. The van der Waals surface area contributed by atoms with Crippen molar-refractivity contribution < 1.29 is 13.9 Å². The SMILES string of the molecule is COC(=O)c1cc(-c2cccc(F)c2)ncn1. The Kier molecular flexibility index (Phi) is 3.09. The highest BCUT2D eigenvalue weighted by atomic mass is 19.1. The standard InChI is InChI=1S/C12H9FN2O2/c1-17-12(16)11-6-10(14-7-15-11)8-3-2-4-9(13)5-8/h2-7H,1H3. The first-order valence-electron chi connectivity index (χ1n) is 4.87. The lowest BCUT2D eigenvalue weighted by molar-refractivity contribution is 0.0594. The number of carbonyl (C=O) groups is 1. The minimum Gasteiger partial charge on any atom is -0.464 e. The van der Waals surface area contributed by atoms with Gasteiger partial charge in [-0.15, -0.1) is 0 Å². The second kappa shape index (κ2) is 4.69. The fourth-order valence-electron chi connectivity index (χ4n) is 1.38. The van der Waals surface area contributed by atoms with Crippen molar-refractivity contribution >= 4 is 5.97 Å². The van der Waals surface area contributed by atoms with E-state index in [4.69, 9.17) is 0 Å². The lowest BCUT2D eigenvalue weighted by Crippen LogP contribution is -2.04. The second-order valence-corrected chi connectivity index (χ2v) is 3.29. The second-order valence-electron chi connectivity index (χ2n) is 3.29. The maximum Gasteiger partial charge on any atom is 0.356 e. The van der Waals surface area contributed by atoms with Crippen molar-refractivity contribution in [2.45, 2.75) is 0 Å². The van der Waals surface area contributed by atoms with Gasteiger partial charge >= 0.3 is 5.97 Å². The lowest BCUT2D eigenvalue weighted by atomic mass is 10.1. The fourth-order valence-corrected chi connectivity index (χ4v) is 1.38. The lowest BCUT2D eigenvalue weighted by Gasteiger charge is -2.02. The summed E-state index contributed by atoms with van der Waals surface area (Å²) in [6, 6.07) is 7.41. The van der Waals surface area contributed by atoms with Crippen LogP contribution in [0.25, 0.3) is 11.3 Å². The predicted octanol–water partition coefficient (Wildman–Crippen LogP) is 2.07. The highest BCUT2D eigenvalue weighted by Crippen LogP contribution is 2.17. The Hall–Kier alpha value is -2.30. The molecule has 1 aromatic heterocycles. The van der Waals surface area contributed by atoms with Crippen molar-refractivity contribution in [2.24, 2.45) is 0 Å². The van der Waals surface area contributed by atoms with Crippen LogP contribution in [0, 0.1) is 5.82 Å². The van der Waals surface area contributed by atoms with Gasteiger partial charge in [0.15, 0.2) is 5.69 Å². The van der Waals surface area contributed by atoms with E-state index >= 15 is 0 Å². The number of ether oxygens (including phenoxy) is 1. The number of hydrogen-bond donors (Lipinski definition) is 0. The minimum absolute atomic E-state index is 0.141. The first-order chi connectivity index (χ1) is 8.20. The quantitative estimate of drug-likeness (QED) is 0.744. The third kappa shape index (κ3) is 2.44. The van der Waals surface area contributed by atoms with Crippen LogP contribution in [0.5, 0.6) is 0 Å². The van der Waals surface area contributed by atoms with Crippen molar-refractivity contribution in [3.05, 3.63) is 48.2 Å². The van der Waals surface area contributed by atoms with Crippen molar-refractivity contribution in [1.82, 2.24) is 9.97 Å². The van der Waals surface area contributed by atoms with Crippen LogP contribution in [0.4, 0.5) is 4.39 Å². The molecule has 4 nitrogen and oxygen atoms in total. The number of hydrogen-bond acceptors (Lipinski definition) is 4. The Morgan fingerprint density at radius 2 is 2.12 bits per heavy atom. The van der Waals surface area contributed by atoms with E-state index in [2.05, 4.69) is 14.7 Å². The van der Waals surface area contributed by atoms with Gasteiger partial charge in [-0.05, 0) is 18.2 Å². The molecule has 0 aliphatic rings. The summed E-state index contributed by atoms with van der Waals surface area (Å²) in [6.07, 6.45) is 1.24. The molecule has 1 heterocycles. The Balaban J connectivity index is 2.43. The predicted molar refractivity (Wildman–Crippen MR) is 58.8 cm³/mol. The molecule has 2 rings (SSSR count). The van der Waals surface area contributed by atoms with E-state index in [-0.39, 0.29) is 11.5 Å². The zero-order valence-corrected chi connectivity index (χ0v) is 9.05. The van der Waals surface area contributed by atoms with Gasteiger partial charge < -0.3 is 4.74 Å². The van der Waals surface area contributed by atoms with Gasteiger partial charge in [-0.25, -0.2) is 19.2 Å². The number of aromatic nitrogens is 2. The highest BCUT2D eigenvalue weighted by molar-refractivity contribution is 5.88. The third-order valence-corrected chi connectivity index (χ3v) is 2.18. The van der Waals surface area contributed by atoms with Crippen molar-refractivity contribution in [3.63, 3.8) is 0 Å². The minimum atomic E-state index is -0.551. The third-order valence-electron chi connectivity index (χ3n) is 2.18. The molecule has 17 heavy (non-hydrogen) atoms. The van der Waals surface area contributed by atoms with Gasteiger partial charge in [0, 0.05) is 5.56 Å². The summed E-state index contributed by atoms with van der Waals surface area (Å²) in [4.78, 5) is 19.0. The largest absolute Gasteiger partial charge is 0.464 e. The van der Waals surface area contributed by atoms with Crippen molar-refractivity contribution in [2.75, 3.05) is 7.11 Å². The number of carbonyl (C=O) groups excluding carboxylic acids is 1. The summed E-state index contributed by atoms with van der Waals surface area (Å²) < 4.78 is 17.6. The highest BCUT2D eigenvalue weighted by Gasteiger charge is 2.09.